The van der Waals surface area contributed by atoms with Crippen LogP contribution in [-0.2, 0) is 32.2 Å². The summed E-state index contributed by atoms with van der Waals surface area (Å²) >= 11 is 0. The molecule has 41 heavy (non-hydrogen) atoms. The number of carboxylic acids is 1. The van der Waals surface area contributed by atoms with Crippen molar-refractivity contribution in [1.82, 2.24) is 9.62 Å². The number of carbonyl (C=O) groups is 2. The summed E-state index contributed by atoms with van der Waals surface area (Å²) in [6.07, 6.45) is -4.50. The SMILES string of the molecule is COc1ccccc1-c1ccc(CC(NC(=O)[C@]2(C)CCCN2S(=O)(=O)c2cccc(C(F)(F)F)c2)C(=O)O)cc1. The average molecular weight is 591 g/mol. The van der Waals surface area contributed by atoms with Gasteiger partial charge in [0.1, 0.15) is 17.3 Å². The summed E-state index contributed by atoms with van der Waals surface area (Å²) < 4.78 is 72.7. The largest absolute Gasteiger partial charge is 0.496 e. The second-order valence-corrected chi connectivity index (χ2v) is 11.8. The summed E-state index contributed by atoms with van der Waals surface area (Å²) in [5.74, 6) is -1.49. The van der Waals surface area contributed by atoms with E-state index in [1.54, 1.807) is 31.4 Å². The van der Waals surface area contributed by atoms with Gasteiger partial charge in [-0.3, -0.25) is 4.79 Å². The van der Waals surface area contributed by atoms with Crippen molar-refractivity contribution in [1.29, 1.82) is 0 Å². The van der Waals surface area contributed by atoms with Crippen molar-refractivity contribution < 1.29 is 41.0 Å². The van der Waals surface area contributed by atoms with E-state index in [4.69, 9.17) is 4.74 Å². The Morgan fingerprint density at radius 3 is 2.39 bits per heavy atom. The summed E-state index contributed by atoms with van der Waals surface area (Å²) in [6, 6.07) is 16.4. The first-order valence-corrected chi connectivity index (χ1v) is 14.2. The van der Waals surface area contributed by atoms with E-state index in [9.17, 15) is 36.3 Å². The van der Waals surface area contributed by atoms with E-state index in [1.807, 2.05) is 24.3 Å². The van der Waals surface area contributed by atoms with E-state index in [1.165, 1.54) is 6.92 Å². The lowest BCUT2D eigenvalue weighted by atomic mass is 9.97. The molecule has 1 heterocycles. The molecule has 1 aliphatic heterocycles. The fraction of sp³-hybridized carbons (Fsp3) is 0.310. The lowest BCUT2D eigenvalue weighted by Crippen LogP contribution is -2.58. The number of para-hydroxylation sites is 1. The number of benzene rings is 3. The molecule has 0 spiro atoms. The Morgan fingerprint density at radius 1 is 1.07 bits per heavy atom. The smallest absolute Gasteiger partial charge is 0.416 e. The van der Waals surface area contributed by atoms with Crippen LogP contribution in [0.15, 0.2) is 77.7 Å². The Balaban J connectivity index is 1.54. The Kier molecular flexibility index (Phi) is 8.46. The number of nitrogens with zero attached hydrogens (tertiary/aromatic N) is 1. The van der Waals surface area contributed by atoms with Crippen LogP contribution >= 0.6 is 0 Å². The number of hydrogen-bond acceptors (Lipinski definition) is 5. The van der Waals surface area contributed by atoms with Crippen molar-refractivity contribution >= 4 is 21.9 Å². The molecule has 2 atom stereocenters. The van der Waals surface area contributed by atoms with Crippen LogP contribution in [0.25, 0.3) is 11.1 Å². The van der Waals surface area contributed by atoms with Gasteiger partial charge in [0.2, 0.25) is 15.9 Å². The predicted molar refractivity (Wildman–Crippen MR) is 145 cm³/mol. The number of aliphatic carboxylic acids is 1. The summed E-state index contributed by atoms with van der Waals surface area (Å²) in [4.78, 5) is 24.9. The van der Waals surface area contributed by atoms with Gasteiger partial charge in [-0.15, -0.1) is 0 Å². The van der Waals surface area contributed by atoms with E-state index in [2.05, 4.69) is 5.32 Å². The molecule has 0 bridgehead atoms. The van der Waals surface area contributed by atoms with Crippen molar-refractivity contribution in [2.75, 3.05) is 13.7 Å². The zero-order valence-corrected chi connectivity index (χ0v) is 23.1. The molecule has 0 radical (unpaired) electrons. The standard InChI is InChI=1S/C29H29F3N2O6S/c1-28(15-6-16-34(28)41(38,39)22-8-5-7-21(18-22)29(30,31)32)27(37)33-24(26(35)36)17-19-11-13-20(14-12-19)23-9-3-4-10-25(23)40-2/h3-5,7-14,18,24H,6,15-17H2,1-2H3,(H,33,37)(H,35,36)/t24?,28-/m0/s1. The number of rotatable bonds is 9. The van der Waals surface area contributed by atoms with E-state index >= 15 is 0 Å². The average Bonchev–Trinajstić information content (AvgIpc) is 3.36. The molecule has 4 rings (SSSR count). The third kappa shape index (κ3) is 6.23. The van der Waals surface area contributed by atoms with Gasteiger partial charge in [-0.25, -0.2) is 13.2 Å². The maximum Gasteiger partial charge on any atom is 0.416 e. The minimum Gasteiger partial charge on any atom is -0.496 e. The second kappa shape index (κ2) is 11.5. The van der Waals surface area contributed by atoms with Crippen molar-refractivity contribution in [2.45, 2.75) is 48.8 Å². The minimum atomic E-state index is -4.75. The molecule has 0 saturated carbocycles. The van der Waals surface area contributed by atoms with Crippen LogP contribution in [0.5, 0.6) is 5.75 Å². The fourth-order valence-electron chi connectivity index (χ4n) is 4.96. The van der Waals surface area contributed by atoms with Crippen LogP contribution < -0.4 is 10.1 Å². The maximum absolute atomic E-state index is 13.4. The van der Waals surface area contributed by atoms with Gasteiger partial charge in [0.05, 0.1) is 17.6 Å². The van der Waals surface area contributed by atoms with Crippen LogP contribution in [0.4, 0.5) is 13.2 Å². The maximum atomic E-state index is 13.4. The van der Waals surface area contributed by atoms with Crippen molar-refractivity contribution in [3.63, 3.8) is 0 Å². The highest BCUT2D eigenvalue weighted by molar-refractivity contribution is 7.89. The van der Waals surface area contributed by atoms with Gasteiger partial charge >= 0.3 is 12.1 Å². The first-order chi connectivity index (χ1) is 19.3. The van der Waals surface area contributed by atoms with Crippen LogP contribution in [0.1, 0.15) is 30.9 Å². The number of carboxylic acid groups (broad SMARTS) is 1. The van der Waals surface area contributed by atoms with Gasteiger partial charge < -0.3 is 15.2 Å². The van der Waals surface area contributed by atoms with Crippen molar-refractivity contribution in [3.8, 4) is 16.9 Å². The van der Waals surface area contributed by atoms with Gasteiger partial charge in [-0.05, 0) is 55.2 Å². The second-order valence-electron chi connectivity index (χ2n) is 9.95. The number of carbonyl (C=O) groups excluding carboxylic acids is 1. The molecule has 1 amide bonds. The van der Waals surface area contributed by atoms with Crippen LogP contribution in [0.3, 0.4) is 0 Å². The Hall–Kier alpha value is -3.90. The Morgan fingerprint density at radius 2 is 1.76 bits per heavy atom. The number of ether oxygens (including phenoxy) is 1. The summed E-state index contributed by atoms with van der Waals surface area (Å²) in [6.45, 7) is 1.24. The quantitative estimate of drug-likeness (QED) is 0.373. The zero-order chi connectivity index (χ0) is 30.0. The molecule has 1 saturated heterocycles. The molecule has 3 aromatic carbocycles. The third-order valence-corrected chi connectivity index (χ3v) is 9.24. The lowest BCUT2D eigenvalue weighted by Gasteiger charge is -2.34. The molecule has 1 unspecified atom stereocenters. The van der Waals surface area contributed by atoms with Gasteiger partial charge in [-0.2, -0.15) is 17.5 Å². The molecule has 0 aromatic heterocycles. The molecular formula is C29H29F3N2O6S. The van der Waals surface area contributed by atoms with E-state index in [0.717, 1.165) is 33.6 Å². The van der Waals surface area contributed by atoms with Crippen LogP contribution in [0.2, 0.25) is 0 Å². The Bertz CT molecular complexity index is 1540. The number of halogens is 3. The van der Waals surface area contributed by atoms with Gasteiger partial charge in [0, 0.05) is 18.5 Å². The number of nitrogens with one attached hydrogen (secondary N) is 1. The zero-order valence-electron chi connectivity index (χ0n) is 22.3. The van der Waals surface area contributed by atoms with Crippen LogP contribution in [0, 0.1) is 0 Å². The highest BCUT2D eigenvalue weighted by Gasteiger charge is 2.50. The number of alkyl halides is 3. The molecule has 12 heteroatoms. The molecule has 2 N–H and O–H groups in total. The molecular weight excluding hydrogens is 561 g/mol. The highest BCUT2D eigenvalue weighted by atomic mass is 32.2. The molecule has 1 fully saturated rings. The number of methoxy groups -OCH3 is 1. The molecule has 0 aliphatic carbocycles. The van der Waals surface area contributed by atoms with Gasteiger partial charge in [0.15, 0.2) is 0 Å². The lowest BCUT2D eigenvalue weighted by molar-refractivity contribution is -0.143. The fourth-order valence-corrected chi connectivity index (χ4v) is 6.82. The molecule has 218 valence electrons. The summed E-state index contributed by atoms with van der Waals surface area (Å²) in [5, 5.41) is 12.3. The van der Waals surface area contributed by atoms with Gasteiger partial charge in [0.25, 0.3) is 0 Å². The summed E-state index contributed by atoms with van der Waals surface area (Å²) in [7, 11) is -2.95. The monoisotopic (exact) mass is 590 g/mol. The van der Waals surface area contributed by atoms with E-state index in [0.29, 0.717) is 17.4 Å². The molecule has 8 nitrogen and oxygen atoms in total. The minimum absolute atomic E-state index is 0.0664. The van der Waals surface area contributed by atoms with Crippen LogP contribution in [-0.4, -0.2) is 54.9 Å². The topological polar surface area (TPSA) is 113 Å². The summed E-state index contributed by atoms with van der Waals surface area (Å²) in [5.41, 5.74) is -0.529. The number of hydrogen-bond donors (Lipinski definition) is 2. The van der Waals surface area contributed by atoms with Crippen molar-refractivity contribution in [2.24, 2.45) is 0 Å². The predicted octanol–water partition coefficient (Wildman–Crippen LogP) is 4.74. The first-order valence-electron chi connectivity index (χ1n) is 12.7. The van der Waals surface area contributed by atoms with Crippen molar-refractivity contribution in [3.05, 3.63) is 83.9 Å². The third-order valence-electron chi connectivity index (χ3n) is 7.23. The van der Waals surface area contributed by atoms with E-state index in [-0.39, 0.29) is 25.8 Å². The van der Waals surface area contributed by atoms with Gasteiger partial charge in [-0.1, -0.05) is 48.5 Å². The molecule has 3 aromatic rings. The normalized spacial score (nSPS) is 18.6. The first kappa shape index (κ1) is 30.1. The number of sulfonamides is 1. The highest BCUT2D eigenvalue weighted by Crippen LogP contribution is 2.37. The Labute approximate surface area is 235 Å². The molecule has 1 aliphatic rings. The number of amides is 1. The van der Waals surface area contributed by atoms with E-state index < -0.39 is 50.1 Å².